The van der Waals surface area contributed by atoms with Crippen molar-refractivity contribution in [3.8, 4) is 0 Å². The number of ether oxygens (including phenoxy) is 2. The molecule has 0 amide bonds. The molecule has 0 spiro atoms. The lowest BCUT2D eigenvalue weighted by Crippen LogP contribution is -2.42. The molecule has 2 rings (SSSR count). The van der Waals surface area contributed by atoms with Crippen LogP contribution < -0.4 is 0 Å². The van der Waals surface area contributed by atoms with Gasteiger partial charge in [-0.05, 0) is 17.7 Å². The van der Waals surface area contributed by atoms with Crippen LogP contribution in [0, 0.1) is 11.6 Å². The Balaban J connectivity index is 1.93. The minimum atomic E-state index is -0.584. The van der Waals surface area contributed by atoms with Crippen LogP contribution in [-0.4, -0.2) is 43.8 Å². The lowest BCUT2D eigenvalue weighted by molar-refractivity contribution is -0.145. The number of carbonyl (C=O) groups excluding carboxylic acids is 1. The van der Waals surface area contributed by atoms with Gasteiger partial charge in [0.05, 0.1) is 26.2 Å². The quantitative estimate of drug-likeness (QED) is 0.790. The third-order valence-electron chi connectivity index (χ3n) is 3.17. The Morgan fingerprint density at radius 1 is 1.40 bits per heavy atom. The average molecular weight is 285 g/mol. The zero-order chi connectivity index (χ0) is 14.5. The van der Waals surface area contributed by atoms with Crippen molar-refractivity contribution in [2.45, 2.75) is 19.1 Å². The summed E-state index contributed by atoms with van der Waals surface area (Å²) in [5, 5.41) is 0. The van der Waals surface area contributed by atoms with E-state index in [1.807, 2.05) is 4.90 Å². The van der Waals surface area contributed by atoms with Crippen molar-refractivity contribution >= 4 is 5.97 Å². The molecule has 1 aliphatic rings. The van der Waals surface area contributed by atoms with E-state index in [1.165, 1.54) is 19.2 Å². The monoisotopic (exact) mass is 285 g/mol. The highest BCUT2D eigenvalue weighted by Crippen LogP contribution is 2.15. The molecule has 1 unspecified atom stereocenters. The Morgan fingerprint density at radius 2 is 2.10 bits per heavy atom. The summed E-state index contributed by atoms with van der Waals surface area (Å²) in [6.45, 7) is 2.11. The van der Waals surface area contributed by atoms with Crippen LogP contribution in [0.25, 0.3) is 0 Å². The fourth-order valence-corrected chi connectivity index (χ4v) is 2.28. The molecule has 0 saturated carbocycles. The second kappa shape index (κ2) is 6.76. The number of nitrogens with zero attached hydrogens (tertiary/aromatic N) is 1. The Labute approximate surface area is 116 Å². The molecule has 6 heteroatoms. The maximum atomic E-state index is 13.1. The van der Waals surface area contributed by atoms with Crippen molar-refractivity contribution in [1.82, 2.24) is 4.90 Å². The second-order valence-corrected chi connectivity index (χ2v) is 4.79. The SMILES string of the molecule is COC(=O)CC1CN(Cc2cc(F)cc(F)c2)CCO1. The Bertz CT molecular complexity index is 461. The summed E-state index contributed by atoms with van der Waals surface area (Å²) in [7, 11) is 1.33. The van der Waals surface area contributed by atoms with Gasteiger partial charge in [-0.2, -0.15) is 0 Å². The van der Waals surface area contributed by atoms with Crippen molar-refractivity contribution < 1.29 is 23.0 Å². The molecule has 1 atom stereocenters. The fraction of sp³-hybridized carbons (Fsp3) is 0.500. The van der Waals surface area contributed by atoms with Gasteiger partial charge in [-0.1, -0.05) is 0 Å². The van der Waals surface area contributed by atoms with E-state index in [-0.39, 0.29) is 18.5 Å². The number of benzene rings is 1. The Kier molecular flexibility index (Phi) is 5.03. The van der Waals surface area contributed by atoms with Gasteiger partial charge in [-0.25, -0.2) is 8.78 Å². The van der Waals surface area contributed by atoms with Gasteiger partial charge in [-0.3, -0.25) is 9.69 Å². The van der Waals surface area contributed by atoms with Crippen LogP contribution in [0.4, 0.5) is 8.78 Å². The Morgan fingerprint density at radius 3 is 2.75 bits per heavy atom. The lowest BCUT2D eigenvalue weighted by Gasteiger charge is -2.32. The molecule has 1 fully saturated rings. The van der Waals surface area contributed by atoms with Gasteiger partial charge in [0.1, 0.15) is 11.6 Å². The standard InChI is InChI=1S/C14H17F2NO3/c1-19-14(18)7-13-9-17(2-3-20-13)8-10-4-11(15)6-12(16)5-10/h4-6,13H,2-3,7-9H2,1H3. The lowest BCUT2D eigenvalue weighted by atomic mass is 10.1. The molecule has 0 aromatic heterocycles. The fourth-order valence-electron chi connectivity index (χ4n) is 2.28. The van der Waals surface area contributed by atoms with Crippen molar-refractivity contribution in [1.29, 1.82) is 0 Å². The van der Waals surface area contributed by atoms with Crippen LogP contribution in [0.5, 0.6) is 0 Å². The third-order valence-corrected chi connectivity index (χ3v) is 3.17. The highest BCUT2D eigenvalue weighted by atomic mass is 19.1. The maximum Gasteiger partial charge on any atom is 0.308 e. The first-order valence-electron chi connectivity index (χ1n) is 6.42. The van der Waals surface area contributed by atoms with E-state index in [0.29, 0.717) is 31.8 Å². The number of halogens is 2. The molecule has 1 aromatic carbocycles. The first-order chi connectivity index (χ1) is 9.56. The molecule has 110 valence electrons. The van der Waals surface area contributed by atoms with Crippen molar-refractivity contribution in [3.05, 3.63) is 35.4 Å². The number of hydrogen-bond acceptors (Lipinski definition) is 4. The summed E-state index contributed by atoms with van der Waals surface area (Å²) in [5.74, 6) is -1.49. The summed E-state index contributed by atoms with van der Waals surface area (Å²) in [5.41, 5.74) is 0.571. The molecule has 0 bridgehead atoms. The summed E-state index contributed by atoms with van der Waals surface area (Å²) in [6, 6.07) is 3.48. The molecular weight excluding hydrogens is 268 g/mol. The van der Waals surface area contributed by atoms with Gasteiger partial charge in [0.15, 0.2) is 0 Å². The number of esters is 1. The van der Waals surface area contributed by atoms with Crippen LogP contribution in [-0.2, 0) is 20.8 Å². The van der Waals surface area contributed by atoms with Crippen molar-refractivity contribution in [2.75, 3.05) is 26.8 Å². The van der Waals surface area contributed by atoms with Gasteiger partial charge >= 0.3 is 5.97 Å². The summed E-state index contributed by atoms with van der Waals surface area (Å²) in [6.07, 6.45) is -0.0561. The second-order valence-electron chi connectivity index (χ2n) is 4.79. The third kappa shape index (κ3) is 4.25. The van der Waals surface area contributed by atoms with E-state index >= 15 is 0 Å². The minimum absolute atomic E-state index is 0.185. The predicted octanol–water partition coefficient (Wildman–Crippen LogP) is 1.73. The van der Waals surface area contributed by atoms with Crippen LogP contribution >= 0.6 is 0 Å². The summed E-state index contributed by atoms with van der Waals surface area (Å²) < 4.78 is 36.3. The first-order valence-corrected chi connectivity index (χ1v) is 6.42. The molecular formula is C14H17F2NO3. The van der Waals surface area contributed by atoms with Gasteiger partial charge in [0, 0.05) is 25.7 Å². The molecule has 1 aliphatic heterocycles. The number of methoxy groups -OCH3 is 1. The van der Waals surface area contributed by atoms with E-state index in [4.69, 9.17) is 4.74 Å². The predicted molar refractivity (Wildman–Crippen MR) is 68.0 cm³/mol. The summed E-state index contributed by atoms with van der Waals surface area (Å²) in [4.78, 5) is 13.2. The zero-order valence-corrected chi connectivity index (χ0v) is 11.3. The smallest absolute Gasteiger partial charge is 0.308 e. The molecule has 0 N–H and O–H groups in total. The summed E-state index contributed by atoms with van der Waals surface area (Å²) >= 11 is 0. The molecule has 1 heterocycles. The topological polar surface area (TPSA) is 38.8 Å². The largest absolute Gasteiger partial charge is 0.469 e. The van der Waals surface area contributed by atoms with Crippen molar-refractivity contribution in [3.63, 3.8) is 0 Å². The Hall–Kier alpha value is -1.53. The maximum absolute atomic E-state index is 13.1. The minimum Gasteiger partial charge on any atom is -0.469 e. The van der Waals surface area contributed by atoms with E-state index in [9.17, 15) is 13.6 Å². The normalized spacial score (nSPS) is 19.9. The molecule has 4 nitrogen and oxygen atoms in total. The number of morpholine rings is 1. The van der Waals surface area contributed by atoms with Gasteiger partial charge in [-0.15, -0.1) is 0 Å². The number of hydrogen-bond donors (Lipinski definition) is 0. The zero-order valence-electron chi connectivity index (χ0n) is 11.3. The number of carbonyl (C=O) groups is 1. The molecule has 0 radical (unpaired) electrons. The number of rotatable bonds is 4. The van der Waals surface area contributed by atoms with Crippen LogP contribution in [0.1, 0.15) is 12.0 Å². The average Bonchev–Trinajstić information content (AvgIpc) is 2.37. The molecule has 1 aromatic rings. The van der Waals surface area contributed by atoms with Crippen LogP contribution in [0.3, 0.4) is 0 Å². The highest BCUT2D eigenvalue weighted by Gasteiger charge is 2.23. The van der Waals surface area contributed by atoms with Crippen molar-refractivity contribution in [2.24, 2.45) is 0 Å². The van der Waals surface area contributed by atoms with E-state index in [0.717, 1.165) is 6.07 Å². The molecule has 1 saturated heterocycles. The van der Waals surface area contributed by atoms with E-state index in [2.05, 4.69) is 4.74 Å². The molecule has 0 aliphatic carbocycles. The van der Waals surface area contributed by atoms with Crippen LogP contribution in [0.15, 0.2) is 18.2 Å². The highest BCUT2D eigenvalue weighted by molar-refractivity contribution is 5.69. The van der Waals surface area contributed by atoms with Gasteiger partial charge in [0.25, 0.3) is 0 Å². The van der Waals surface area contributed by atoms with Crippen LogP contribution in [0.2, 0.25) is 0 Å². The van der Waals surface area contributed by atoms with E-state index in [1.54, 1.807) is 0 Å². The van der Waals surface area contributed by atoms with E-state index < -0.39 is 11.6 Å². The van der Waals surface area contributed by atoms with Gasteiger partial charge in [0.2, 0.25) is 0 Å². The van der Waals surface area contributed by atoms with Gasteiger partial charge < -0.3 is 9.47 Å². The first kappa shape index (κ1) is 14.9. The molecule has 20 heavy (non-hydrogen) atoms.